The Kier molecular flexibility index (Phi) is 7.48. The van der Waals surface area contributed by atoms with Gasteiger partial charge in [-0.3, -0.25) is 0 Å². The quantitative estimate of drug-likeness (QED) is 0.730. The molecule has 0 radical (unpaired) electrons. The topological polar surface area (TPSA) is 24.5 Å². The van der Waals surface area contributed by atoms with E-state index < -0.39 is 0 Å². The van der Waals surface area contributed by atoms with Gasteiger partial charge in [0.25, 0.3) is 0 Å². The van der Waals surface area contributed by atoms with E-state index in [4.69, 9.17) is 4.74 Å². The lowest BCUT2D eigenvalue weighted by atomic mass is 9.89. The molecular formula is C18H36N2O. The van der Waals surface area contributed by atoms with Crippen LogP contribution in [0, 0.1) is 11.8 Å². The average Bonchev–Trinajstić information content (AvgIpc) is 2.76. The fraction of sp³-hybridized carbons (Fsp3) is 1.00. The predicted molar refractivity (Wildman–Crippen MR) is 89.7 cm³/mol. The summed E-state index contributed by atoms with van der Waals surface area (Å²) in [5, 5.41) is 3.49. The van der Waals surface area contributed by atoms with Gasteiger partial charge >= 0.3 is 0 Å². The Labute approximate surface area is 131 Å². The molecule has 2 saturated heterocycles. The smallest absolute Gasteiger partial charge is 0.0707 e. The summed E-state index contributed by atoms with van der Waals surface area (Å²) in [5.74, 6) is 1.78. The maximum Gasteiger partial charge on any atom is 0.0707 e. The number of ether oxygens (including phenoxy) is 1. The second kappa shape index (κ2) is 9.12. The molecule has 0 bridgehead atoms. The van der Waals surface area contributed by atoms with Gasteiger partial charge in [-0.2, -0.15) is 0 Å². The van der Waals surface area contributed by atoms with E-state index in [1.807, 2.05) is 0 Å². The first-order chi connectivity index (χ1) is 10.2. The highest BCUT2D eigenvalue weighted by molar-refractivity contribution is 4.80. The Morgan fingerprint density at radius 1 is 1.10 bits per heavy atom. The summed E-state index contributed by atoms with van der Waals surface area (Å²) in [6.07, 6.45) is 8.81. The van der Waals surface area contributed by atoms with Gasteiger partial charge in [0.2, 0.25) is 0 Å². The third-order valence-electron chi connectivity index (χ3n) is 5.26. The summed E-state index contributed by atoms with van der Waals surface area (Å²) >= 11 is 0. The summed E-state index contributed by atoms with van der Waals surface area (Å²) in [6.45, 7) is 12.9. The van der Waals surface area contributed by atoms with Crippen molar-refractivity contribution in [1.82, 2.24) is 10.2 Å². The highest BCUT2D eigenvalue weighted by atomic mass is 16.5. The molecule has 3 unspecified atom stereocenters. The fourth-order valence-electron chi connectivity index (χ4n) is 3.82. The molecule has 124 valence electrons. The molecule has 3 atom stereocenters. The molecule has 21 heavy (non-hydrogen) atoms. The number of likely N-dealkylation sites (tertiary alicyclic amines) is 1. The average molecular weight is 296 g/mol. The van der Waals surface area contributed by atoms with E-state index in [9.17, 15) is 0 Å². The molecule has 1 N–H and O–H groups in total. The van der Waals surface area contributed by atoms with Crippen LogP contribution in [0.4, 0.5) is 0 Å². The van der Waals surface area contributed by atoms with Crippen molar-refractivity contribution in [3.8, 4) is 0 Å². The van der Waals surface area contributed by atoms with Gasteiger partial charge in [-0.05, 0) is 70.0 Å². The third kappa shape index (κ3) is 5.88. The molecule has 0 amide bonds. The van der Waals surface area contributed by atoms with E-state index in [0.717, 1.165) is 31.5 Å². The van der Waals surface area contributed by atoms with Crippen LogP contribution in [-0.4, -0.2) is 49.8 Å². The second-order valence-electron chi connectivity index (χ2n) is 7.40. The van der Waals surface area contributed by atoms with Crippen LogP contribution in [0.1, 0.15) is 59.3 Å². The van der Waals surface area contributed by atoms with E-state index in [0.29, 0.717) is 12.2 Å². The monoisotopic (exact) mass is 296 g/mol. The lowest BCUT2D eigenvalue weighted by Gasteiger charge is -2.24. The molecule has 3 nitrogen and oxygen atoms in total. The van der Waals surface area contributed by atoms with Gasteiger partial charge in [0.1, 0.15) is 0 Å². The zero-order valence-electron chi connectivity index (χ0n) is 14.4. The van der Waals surface area contributed by atoms with Gasteiger partial charge in [0.15, 0.2) is 0 Å². The van der Waals surface area contributed by atoms with Gasteiger partial charge < -0.3 is 15.0 Å². The van der Waals surface area contributed by atoms with Crippen LogP contribution < -0.4 is 5.32 Å². The number of hydrogen-bond acceptors (Lipinski definition) is 3. The van der Waals surface area contributed by atoms with Crippen molar-refractivity contribution in [2.75, 3.05) is 32.7 Å². The van der Waals surface area contributed by atoms with Gasteiger partial charge in [0.05, 0.1) is 12.2 Å². The highest BCUT2D eigenvalue weighted by Gasteiger charge is 2.27. The zero-order valence-corrected chi connectivity index (χ0v) is 14.4. The van der Waals surface area contributed by atoms with Crippen LogP contribution in [0.15, 0.2) is 0 Å². The first-order valence-corrected chi connectivity index (χ1v) is 9.27. The summed E-state index contributed by atoms with van der Waals surface area (Å²) < 4.78 is 6.22. The maximum atomic E-state index is 6.22. The molecule has 0 aliphatic carbocycles. The fourth-order valence-corrected chi connectivity index (χ4v) is 3.82. The number of nitrogens with zero attached hydrogens (tertiary/aromatic N) is 1. The Balaban J connectivity index is 1.66. The van der Waals surface area contributed by atoms with Gasteiger partial charge in [-0.1, -0.05) is 20.8 Å². The Hall–Kier alpha value is -0.120. The predicted octanol–water partition coefficient (Wildman–Crippen LogP) is 3.29. The van der Waals surface area contributed by atoms with Gasteiger partial charge in [-0.25, -0.2) is 0 Å². The van der Waals surface area contributed by atoms with E-state index in [2.05, 4.69) is 31.0 Å². The normalized spacial score (nSPS) is 31.7. The lowest BCUT2D eigenvalue weighted by molar-refractivity contribution is 0.0238. The maximum absolute atomic E-state index is 6.22. The second-order valence-corrected chi connectivity index (χ2v) is 7.40. The Morgan fingerprint density at radius 3 is 2.67 bits per heavy atom. The first kappa shape index (κ1) is 17.2. The van der Waals surface area contributed by atoms with E-state index >= 15 is 0 Å². The number of nitrogens with one attached hydrogen (secondary N) is 1. The van der Waals surface area contributed by atoms with Crippen molar-refractivity contribution in [2.24, 2.45) is 11.8 Å². The zero-order chi connectivity index (χ0) is 15.1. The summed E-state index contributed by atoms with van der Waals surface area (Å²) in [5.41, 5.74) is 0. The van der Waals surface area contributed by atoms with E-state index in [1.54, 1.807) is 0 Å². The molecule has 0 aromatic heterocycles. The van der Waals surface area contributed by atoms with Crippen LogP contribution in [0.25, 0.3) is 0 Å². The van der Waals surface area contributed by atoms with Gasteiger partial charge in [-0.15, -0.1) is 0 Å². The standard InChI is InChI=1S/C18H36N2O/c1-4-10-19-13-17-7-8-18(21-17)14-20-11-5-6-16(9-12-20)15(2)3/h15-19H,4-14H2,1-3H3. The van der Waals surface area contributed by atoms with Crippen LogP contribution in [0.2, 0.25) is 0 Å². The summed E-state index contributed by atoms with van der Waals surface area (Å²) in [6, 6.07) is 0. The molecule has 0 aromatic rings. The number of hydrogen-bond donors (Lipinski definition) is 1. The van der Waals surface area contributed by atoms with Crippen LogP contribution in [0.5, 0.6) is 0 Å². The molecule has 0 saturated carbocycles. The molecule has 2 aliphatic heterocycles. The van der Waals surface area contributed by atoms with Crippen molar-refractivity contribution in [3.05, 3.63) is 0 Å². The largest absolute Gasteiger partial charge is 0.372 e. The third-order valence-corrected chi connectivity index (χ3v) is 5.26. The molecular weight excluding hydrogens is 260 g/mol. The Morgan fingerprint density at radius 2 is 1.90 bits per heavy atom. The molecule has 2 fully saturated rings. The molecule has 0 aromatic carbocycles. The first-order valence-electron chi connectivity index (χ1n) is 9.27. The lowest BCUT2D eigenvalue weighted by Crippen LogP contribution is -2.35. The molecule has 2 aliphatic rings. The SMILES string of the molecule is CCCNCC1CCC(CN2CCCC(C(C)C)CC2)O1. The van der Waals surface area contributed by atoms with Crippen molar-refractivity contribution in [1.29, 1.82) is 0 Å². The molecule has 0 spiro atoms. The van der Waals surface area contributed by atoms with Crippen molar-refractivity contribution in [2.45, 2.75) is 71.5 Å². The van der Waals surface area contributed by atoms with Crippen molar-refractivity contribution in [3.63, 3.8) is 0 Å². The summed E-state index contributed by atoms with van der Waals surface area (Å²) in [7, 11) is 0. The molecule has 2 rings (SSSR count). The molecule has 3 heteroatoms. The van der Waals surface area contributed by atoms with Gasteiger partial charge in [0, 0.05) is 13.1 Å². The van der Waals surface area contributed by atoms with Crippen LogP contribution in [0.3, 0.4) is 0 Å². The minimum absolute atomic E-state index is 0.456. The van der Waals surface area contributed by atoms with E-state index in [-0.39, 0.29) is 0 Å². The minimum atomic E-state index is 0.456. The van der Waals surface area contributed by atoms with Crippen molar-refractivity contribution < 1.29 is 4.74 Å². The summed E-state index contributed by atoms with van der Waals surface area (Å²) in [4.78, 5) is 2.66. The number of rotatable bonds is 7. The van der Waals surface area contributed by atoms with E-state index in [1.165, 1.54) is 51.6 Å². The highest BCUT2D eigenvalue weighted by Crippen LogP contribution is 2.26. The van der Waals surface area contributed by atoms with Crippen molar-refractivity contribution >= 4 is 0 Å². The molecule has 2 heterocycles. The minimum Gasteiger partial charge on any atom is -0.372 e. The Bertz CT molecular complexity index is 282. The van der Waals surface area contributed by atoms with Crippen LogP contribution >= 0.6 is 0 Å². The van der Waals surface area contributed by atoms with Crippen LogP contribution in [-0.2, 0) is 4.74 Å².